The third kappa shape index (κ3) is 4.45. The van der Waals surface area contributed by atoms with Gasteiger partial charge in [0.1, 0.15) is 0 Å². The summed E-state index contributed by atoms with van der Waals surface area (Å²) in [6, 6.07) is 9.41. The van der Waals surface area contributed by atoms with Crippen LogP contribution in [0.5, 0.6) is 0 Å². The number of hydrogen-bond donors (Lipinski definition) is 3. The number of carbonyl (C=O) groups is 1. The maximum Gasteiger partial charge on any atom is 0.356 e. The van der Waals surface area contributed by atoms with Gasteiger partial charge in [0.2, 0.25) is 0 Å². The second kappa shape index (κ2) is 7.78. The molecule has 1 aromatic carbocycles. The number of pyridine rings is 1. The van der Waals surface area contributed by atoms with Crippen LogP contribution in [0.15, 0.2) is 42.7 Å². The molecule has 2 aromatic rings. The quantitative estimate of drug-likeness (QED) is 0.745. The van der Waals surface area contributed by atoms with Crippen molar-refractivity contribution in [3.8, 4) is 0 Å². The fourth-order valence-corrected chi connectivity index (χ4v) is 2.92. The molecule has 0 saturated heterocycles. The molecule has 2 rings (SSSR count). The van der Waals surface area contributed by atoms with Gasteiger partial charge in [0.25, 0.3) is 0 Å². The summed E-state index contributed by atoms with van der Waals surface area (Å²) in [5, 5.41) is 4.33. The van der Waals surface area contributed by atoms with Gasteiger partial charge in [-0.15, -0.1) is 0 Å². The minimum Gasteiger partial charge on any atom is -0.354 e. The molecule has 0 radical (unpaired) electrons. The second-order valence-corrected chi connectivity index (χ2v) is 6.61. The Bertz CT molecular complexity index is 822. The summed E-state index contributed by atoms with van der Waals surface area (Å²) < 4.78 is 26.3. The van der Waals surface area contributed by atoms with Crippen molar-refractivity contribution in [3.63, 3.8) is 0 Å². The lowest BCUT2D eigenvalue weighted by atomic mass is 10.1. The highest BCUT2D eigenvalue weighted by Gasteiger charge is 2.22. The molecule has 0 bridgehead atoms. The minimum atomic E-state index is -4.18. The van der Waals surface area contributed by atoms with Crippen LogP contribution in [0.25, 0.3) is 0 Å². The van der Waals surface area contributed by atoms with E-state index in [4.69, 9.17) is 0 Å². The standard InChI is InChI=1S/C16H20N4O3S/c1-3-12-6-5-7-13(10-12)19-14-8-9-17-11-15(14)20-24(22,23)16(21)18-4-2/h5-11,20H,3-4H2,1-2H3,(H,17,19)(H,18,21). The van der Waals surface area contributed by atoms with Crippen molar-refractivity contribution in [2.75, 3.05) is 16.6 Å². The summed E-state index contributed by atoms with van der Waals surface area (Å²) >= 11 is 0. The molecule has 3 N–H and O–H groups in total. The number of sulfonamides is 1. The zero-order valence-corrected chi connectivity index (χ0v) is 14.4. The topological polar surface area (TPSA) is 100 Å². The highest BCUT2D eigenvalue weighted by Crippen LogP contribution is 2.25. The lowest BCUT2D eigenvalue weighted by Gasteiger charge is -2.14. The van der Waals surface area contributed by atoms with Gasteiger partial charge >= 0.3 is 15.3 Å². The number of carbonyl (C=O) groups excluding carboxylic acids is 1. The molecule has 8 heteroatoms. The SMILES string of the molecule is CCNC(=O)S(=O)(=O)Nc1cnccc1Nc1cccc(CC)c1. The summed E-state index contributed by atoms with van der Waals surface area (Å²) in [7, 11) is -4.18. The molecule has 1 amide bonds. The van der Waals surface area contributed by atoms with E-state index >= 15 is 0 Å². The number of hydrogen-bond acceptors (Lipinski definition) is 5. The van der Waals surface area contributed by atoms with E-state index in [2.05, 4.69) is 27.3 Å². The van der Waals surface area contributed by atoms with Crippen LogP contribution < -0.4 is 15.4 Å². The van der Waals surface area contributed by atoms with Crippen LogP contribution in [-0.4, -0.2) is 25.2 Å². The summed E-state index contributed by atoms with van der Waals surface area (Å²) in [4.78, 5) is 15.5. The maximum atomic E-state index is 12.0. The number of benzene rings is 1. The Morgan fingerprint density at radius 3 is 2.67 bits per heavy atom. The Balaban J connectivity index is 2.26. The molecule has 0 saturated carbocycles. The van der Waals surface area contributed by atoms with Crippen LogP contribution in [0, 0.1) is 0 Å². The van der Waals surface area contributed by atoms with Crippen molar-refractivity contribution in [2.45, 2.75) is 20.3 Å². The molecule has 0 aliphatic carbocycles. The van der Waals surface area contributed by atoms with Gasteiger partial charge in [-0.3, -0.25) is 14.5 Å². The number of rotatable bonds is 6. The normalized spacial score (nSPS) is 10.9. The van der Waals surface area contributed by atoms with E-state index in [1.165, 1.54) is 12.4 Å². The van der Waals surface area contributed by atoms with Crippen molar-refractivity contribution in [1.29, 1.82) is 0 Å². The van der Waals surface area contributed by atoms with Crippen LogP contribution >= 0.6 is 0 Å². The fraction of sp³-hybridized carbons (Fsp3) is 0.250. The van der Waals surface area contributed by atoms with Gasteiger partial charge in [0, 0.05) is 18.4 Å². The highest BCUT2D eigenvalue weighted by molar-refractivity contribution is 8.07. The first-order chi connectivity index (χ1) is 11.5. The minimum absolute atomic E-state index is 0.200. The van der Waals surface area contributed by atoms with E-state index in [9.17, 15) is 13.2 Å². The number of aryl methyl sites for hydroxylation is 1. The monoisotopic (exact) mass is 348 g/mol. The molecule has 0 aliphatic heterocycles. The third-order valence-electron chi connectivity index (χ3n) is 3.24. The number of nitrogens with zero attached hydrogens (tertiary/aromatic N) is 1. The number of anilines is 3. The smallest absolute Gasteiger partial charge is 0.354 e. The van der Waals surface area contributed by atoms with E-state index in [-0.39, 0.29) is 12.2 Å². The maximum absolute atomic E-state index is 12.0. The summed E-state index contributed by atoms with van der Waals surface area (Å²) in [6.45, 7) is 3.92. The Morgan fingerprint density at radius 2 is 1.96 bits per heavy atom. The molecule has 1 aromatic heterocycles. The van der Waals surface area contributed by atoms with Gasteiger partial charge in [0.05, 0.1) is 17.6 Å². The van der Waals surface area contributed by atoms with Crippen molar-refractivity contribution in [1.82, 2.24) is 10.3 Å². The van der Waals surface area contributed by atoms with E-state index in [0.717, 1.165) is 17.7 Å². The predicted octanol–water partition coefficient (Wildman–Crippen LogP) is 2.86. The Morgan fingerprint density at radius 1 is 1.17 bits per heavy atom. The van der Waals surface area contributed by atoms with E-state index in [1.54, 1.807) is 13.0 Å². The Hall–Kier alpha value is -2.61. The number of amides is 1. The van der Waals surface area contributed by atoms with Gasteiger partial charge < -0.3 is 10.6 Å². The van der Waals surface area contributed by atoms with E-state index < -0.39 is 15.3 Å². The van der Waals surface area contributed by atoms with Crippen LogP contribution in [0.2, 0.25) is 0 Å². The molecule has 24 heavy (non-hydrogen) atoms. The zero-order chi connectivity index (χ0) is 17.6. The first kappa shape index (κ1) is 17.7. The predicted molar refractivity (Wildman–Crippen MR) is 95.0 cm³/mol. The molecule has 0 atom stereocenters. The van der Waals surface area contributed by atoms with Gasteiger partial charge in [-0.2, -0.15) is 8.42 Å². The van der Waals surface area contributed by atoms with Gasteiger partial charge in [-0.25, -0.2) is 0 Å². The van der Waals surface area contributed by atoms with E-state index in [0.29, 0.717) is 5.69 Å². The van der Waals surface area contributed by atoms with Crippen molar-refractivity contribution >= 4 is 32.3 Å². The molecule has 7 nitrogen and oxygen atoms in total. The third-order valence-corrected chi connectivity index (χ3v) is 4.37. The van der Waals surface area contributed by atoms with Crippen molar-refractivity contribution in [3.05, 3.63) is 48.3 Å². The molecule has 0 unspecified atom stereocenters. The summed E-state index contributed by atoms with van der Waals surface area (Å²) in [5.41, 5.74) is 2.68. The largest absolute Gasteiger partial charge is 0.356 e. The Labute approximate surface area is 141 Å². The second-order valence-electron chi connectivity index (χ2n) is 5.02. The summed E-state index contributed by atoms with van der Waals surface area (Å²) in [5.74, 6) is 0. The van der Waals surface area contributed by atoms with Crippen molar-refractivity contribution in [2.24, 2.45) is 0 Å². The number of nitrogens with one attached hydrogen (secondary N) is 3. The molecular weight excluding hydrogens is 328 g/mol. The van der Waals surface area contributed by atoms with E-state index in [1.807, 2.05) is 24.3 Å². The Kier molecular flexibility index (Phi) is 5.75. The van der Waals surface area contributed by atoms with Crippen LogP contribution in [0.4, 0.5) is 21.9 Å². The summed E-state index contributed by atoms with van der Waals surface area (Å²) in [6.07, 6.45) is 3.78. The van der Waals surface area contributed by atoms with Gasteiger partial charge in [-0.1, -0.05) is 19.1 Å². The molecule has 1 heterocycles. The lowest BCUT2D eigenvalue weighted by molar-refractivity contribution is 0.259. The van der Waals surface area contributed by atoms with Gasteiger partial charge in [0.15, 0.2) is 0 Å². The van der Waals surface area contributed by atoms with Crippen LogP contribution in [0.1, 0.15) is 19.4 Å². The number of aromatic nitrogens is 1. The average molecular weight is 348 g/mol. The van der Waals surface area contributed by atoms with Crippen LogP contribution in [-0.2, 0) is 16.4 Å². The average Bonchev–Trinajstić information content (AvgIpc) is 2.57. The van der Waals surface area contributed by atoms with Crippen molar-refractivity contribution < 1.29 is 13.2 Å². The first-order valence-electron chi connectivity index (χ1n) is 7.57. The highest BCUT2D eigenvalue weighted by atomic mass is 32.2. The fourth-order valence-electron chi connectivity index (χ4n) is 2.04. The first-order valence-corrected chi connectivity index (χ1v) is 9.05. The zero-order valence-electron chi connectivity index (χ0n) is 13.5. The molecule has 0 spiro atoms. The van der Waals surface area contributed by atoms with Gasteiger partial charge in [-0.05, 0) is 37.1 Å². The molecule has 128 valence electrons. The molecule has 0 aliphatic rings. The van der Waals surface area contributed by atoms with Crippen LogP contribution in [0.3, 0.4) is 0 Å². The molecular formula is C16H20N4O3S. The lowest BCUT2D eigenvalue weighted by Crippen LogP contribution is -2.33. The molecule has 0 fully saturated rings.